The first-order valence-corrected chi connectivity index (χ1v) is 8.47. The maximum absolute atomic E-state index is 9.76. The second kappa shape index (κ2) is 6.21. The lowest BCUT2D eigenvalue weighted by molar-refractivity contribution is 0.373. The van der Waals surface area contributed by atoms with Crippen molar-refractivity contribution in [2.24, 2.45) is 0 Å². The van der Waals surface area contributed by atoms with Gasteiger partial charge in [-0.25, -0.2) is 4.68 Å². The van der Waals surface area contributed by atoms with E-state index in [4.69, 9.17) is 9.47 Å². The Morgan fingerprint density at radius 2 is 1.88 bits per heavy atom. The van der Waals surface area contributed by atoms with E-state index in [-0.39, 0.29) is 11.1 Å². The van der Waals surface area contributed by atoms with Crippen LogP contribution in [0, 0.1) is 0 Å². The van der Waals surface area contributed by atoms with Crippen LogP contribution in [0.3, 0.4) is 0 Å². The van der Waals surface area contributed by atoms with Crippen molar-refractivity contribution < 1.29 is 14.6 Å². The van der Waals surface area contributed by atoms with E-state index in [9.17, 15) is 5.11 Å². The summed E-state index contributed by atoms with van der Waals surface area (Å²) in [7, 11) is 3.17. The molecule has 1 aliphatic rings. The van der Waals surface area contributed by atoms with Crippen molar-refractivity contribution in [3.63, 3.8) is 0 Å². The van der Waals surface area contributed by atoms with Gasteiger partial charge in [-0.15, -0.1) is 10.2 Å². The minimum Gasteiger partial charge on any atom is -0.504 e. The molecule has 3 aromatic rings. The number of rotatable bonds is 4. The van der Waals surface area contributed by atoms with Crippen LogP contribution < -0.4 is 14.9 Å². The van der Waals surface area contributed by atoms with E-state index >= 15 is 0 Å². The third-order valence-corrected chi connectivity index (χ3v) is 5.05. The molecule has 2 N–H and O–H groups in total. The van der Waals surface area contributed by atoms with Gasteiger partial charge in [-0.2, -0.15) is 0 Å². The van der Waals surface area contributed by atoms with E-state index in [0.717, 1.165) is 27.9 Å². The Kier molecular flexibility index (Phi) is 3.89. The minimum atomic E-state index is -0.0444. The molecule has 0 fully saturated rings. The Bertz CT molecular complexity index is 911. The summed E-state index contributed by atoms with van der Waals surface area (Å²) in [6, 6.07) is 13.0. The zero-order valence-electron chi connectivity index (χ0n) is 13.6. The van der Waals surface area contributed by atoms with Crippen LogP contribution in [0.5, 0.6) is 17.2 Å². The second-order valence-electron chi connectivity index (χ2n) is 5.43. The number of fused-ring (bicyclic) bond motifs is 1. The Balaban J connectivity index is 1.62. The summed E-state index contributed by atoms with van der Waals surface area (Å²) in [5, 5.41) is 19.0. The van der Waals surface area contributed by atoms with Gasteiger partial charge >= 0.3 is 0 Å². The Hall–Kier alpha value is -2.87. The van der Waals surface area contributed by atoms with E-state index in [0.29, 0.717) is 5.75 Å². The highest BCUT2D eigenvalue weighted by Crippen LogP contribution is 2.42. The number of hydrogen-bond donors (Lipinski definition) is 2. The van der Waals surface area contributed by atoms with Gasteiger partial charge in [-0.05, 0) is 42.0 Å². The highest BCUT2D eigenvalue weighted by atomic mass is 32.2. The molecule has 1 atom stereocenters. The van der Waals surface area contributed by atoms with Crippen LogP contribution >= 0.6 is 11.8 Å². The molecule has 2 aromatic carbocycles. The third kappa shape index (κ3) is 2.74. The quantitative estimate of drug-likeness (QED) is 0.743. The summed E-state index contributed by atoms with van der Waals surface area (Å²) in [6.45, 7) is 0. The van der Waals surface area contributed by atoms with Gasteiger partial charge in [0, 0.05) is 5.56 Å². The lowest BCUT2D eigenvalue weighted by Gasteiger charge is -2.14. The molecular formula is C17H16N4O3S. The summed E-state index contributed by atoms with van der Waals surface area (Å²) in [6.07, 6.45) is 0. The van der Waals surface area contributed by atoms with Gasteiger partial charge in [0.25, 0.3) is 0 Å². The summed E-state index contributed by atoms with van der Waals surface area (Å²) in [5.74, 6) is 2.09. The molecule has 4 rings (SSSR count). The summed E-state index contributed by atoms with van der Waals surface area (Å²) >= 11 is 1.55. The average Bonchev–Trinajstić information content (AvgIpc) is 3.23. The number of thioether (sulfide) groups is 1. The van der Waals surface area contributed by atoms with Crippen LogP contribution in [0.25, 0.3) is 11.4 Å². The van der Waals surface area contributed by atoms with Crippen LogP contribution in [-0.4, -0.2) is 34.2 Å². The van der Waals surface area contributed by atoms with E-state index < -0.39 is 0 Å². The van der Waals surface area contributed by atoms with Gasteiger partial charge in [0.05, 0.1) is 14.2 Å². The van der Waals surface area contributed by atoms with Crippen molar-refractivity contribution >= 4 is 11.8 Å². The standard InChI is InChI=1S/C17H16N4O3S/c1-23-12-6-3-10(4-7-12)15-18-19-17-21(15)20-16(25-17)11-5-8-13(22)14(9-11)24-2/h3-9,16,20,22H,1-2H3. The SMILES string of the molecule is COc1ccc(-c2nnc3n2NC(c2ccc(O)c(OC)c2)S3)cc1. The minimum absolute atomic E-state index is 0.0444. The molecule has 1 aliphatic heterocycles. The van der Waals surface area contributed by atoms with Crippen molar-refractivity contribution in [2.75, 3.05) is 19.6 Å². The van der Waals surface area contributed by atoms with Gasteiger partial charge in [0.2, 0.25) is 5.16 Å². The lowest BCUT2D eigenvalue weighted by atomic mass is 10.2. The Morgan fingerprint density at radius 1 is 1.08 bits per heavy atom. The molecule has 0 radical (unpaired) electrons. The second-order valence-corrected chi connectivity index (χ2v) is 6.50. The predicted molar refractivity (Wildman–Crippen MR) is 94.6 cm³/mol. The van der Waals surface area contributed by atoms with Crippen LogP contribution in [0.15, 0.2) is 47.6 Å². The average molecular weight is 356 g/mol. The molecule has 1 unspecified atom stereocenters. The number of phenolic OH excluding ortho intramolecular Hbond substituents is 1. The first-order chi connectivity index (χ1) is 12.2. The number of benzene rings is 2. The molecule has 0 spiro atoms. The normalized spacial score (nSPS) is 15.5. The number of aromatic hydroxyl groups is 1. The van der Waals surface area contributed by atoms with E-state index in [1.54, 1.807) is 24.9 Å². The molecule has 25 heavy (non-hydrogen) atoms. The molecule has 128 valence electrons. The molecule has 7 nitrogen and oxygen atoms in total. The zero-order valence-corrected chi connectivity index (χ0v) is 14.4. The van der Waals surface area contributed by atoms with Crippen LogP contribution in [0.1, 0.15) is 10.9 Å². The first-order valence-electron chi connectivity index (χ1n) is 7.59. The number of nitrogens with zero attached hydrogens (tertiary/aromatic N) is 3. The van der Waals surface area contributed by atoms with Crippen molar-refractivity contribution in [3.8, 4) is 28.6 Å². The molecule has 0 bridgehead atoms. The number of phenols is 1. The van der Waals surface area contributed by atoms with E-state index in [1.807, 2.05) is 41.1 Å². The van der Waals surface area contributed by atoms with Crippen LogP contribution in [0.2, 0.25) is 0 Å². The molecule has 0 saturated heterocycles. The Morgan fingerprint density at radius 3 is 2.60 bits per heavy atom. The molecule has 8 heteroatoms. The fourth-order valence-corrected chi connectivity index (χ4v) is 3.62. The van der Waals surface area contributed by atoms with Crippen LogP contribution in [-0.2, 0) is 0 Å². The summed E-state index contributed by atoms with van der Waals surface area (Å²) in [5.41, 5.74) is 5.30. The van der Waals surface area contributed by atoms with Gasteiger partial charge in [0.1, 0.15) is 11.1 Å². The fourth-order valence-electron chi connectivity index (χ4n) is 2.64. The van der Waals surface area contributed by atoms with Gasteiger partial charge in [-0.1, -0.05) is 17.8 Å². The van der Waals surface area contributed by atoms with Crippen molar-refractivity contribution in [1.29, 1.82) is 0 Å². The Labute approximate surface area is 148 Å². The lowest BCUT2D eigenvalue weighted by Crippen LogP contribution is -2.13. The summed E-state index contributed by atoms with van der Waals surface area (Å²) < 4.78 is 12.2. The molecular weight excluding hydrogens is 340 g/mol. The molecule has 2 heterocycles. The molecule has 1 aromatic heterocycles. The van der Waals surface area contributed by atoms with Crippen molar-refractivity contribution in [2.45, 2.75) is 10.5 Å². The monoisotopic (exact) mass is 356 g/mol. The van der Waals surface area contributed by atoms with Crippen molar-refractivity contribution in [3.05, 3.63) is 48.0 Å². The molecule has 0 saturated carbocycles. The number of nitrogens with one attached hydrogen (secondary N) is 1. The zero-order chi connectivity index (χ0) is 17.4. The van der Waals surface area contributed by atoms with Gasteiger partial charge in [-0.3, -0.25) is 0 Å². The maximum Gasteiger partial charge on any atom is 0.212 e. The topological polar surface area (TPSA) is 81.4 Å². The largest absolute Gasteiger partial charge is 0.504 e. The smallest absolute Gasteiger partial charge is 0.212 e. The highest BCUT2D eigenvalue weighted by Gasteiger charge is 2.28. The van der Waals surface area contributed by atoms with Crippen LogP contribution in [0.4, 0.5) is 0 Å². The maximum atomic E-state index is 9.76. The first kappa shape index (κ1) is 15.6. The van der Waals surface area contributed by atoms with Gasteiger partial charge < -0.3 is 20.0 Å². The summed E-state index contributed by atoms with van der Waals surface area (Å²) in [4.78, 5) is 0. The van der Waals surface area contributed by atoms with E-state index in [2.05, 4.69) is 15.6 Å². The predicted octanol–water partition coefficient (Wildman–Crippen LogP) is 3.02. The number of hydrogen-bond acceptors (Lipinski definition) is 7. The highest BCUT2D eigenvalue weighted by molar-refractivity contribution is 7.99. The third-order valence-electron chi connectivity index (χ3n) is 3.96. The number of methoxy groups -OCH3 is 2. The van der Waals surface area contributed by atoms with Crippen molar-refractivity contribution in [1.82, 2.24) is 14.9 Å². The fraction of sp³-hybridized carbons (Fsp3) is 0.176. The molecule has 0 aliphatic carbocycles. The molecule has 0 amide bonds. The number of aromatic nitrogens is 3. The van der Waals surface area contributed by atoms with E-state index in [1.165, 1.54) is 7.11 Å². The number of ether oxygens (including phenoxy) is 2. The van der Waals surface area contributed by atoms with Gasteiger partial charge in [0.15, 0.2) is 17.3 Å².